The Morgan fingerprint density at radius 3 is 2.61 bits per heavy atom. The van der Waals surface area contributed by atoms with Gasteiger partial charge in [0.05, 0.1) is 23.5 Å². The molecule has 41 heavy (non-hydrogen) atoms. The molecule has 2 atom stereocenters. The minimum Gasteiger partial charge on any atom is -0.495 e. The highest BCUT2D eigenvalue weighted by Crippen LogP contribution is 2.39. The van der Waals surface area contributed by atoms with Crippen molar-refractivity contribution in [2.45, 2.75) is 18.9 Å². The van der Waals surface area contributed by atoms with Gasteiger partial charge in [-0.15, -0.1) is 0 Å². The van der Waals surface area contributed by atoms with Gasteiger partial charge in [-0.05, 0) is 82.9 Å². The minimum atomic E-state index is -0.439. The predicted octanol–water partition coefficient (Wildman–Crippen LogP) is 5.99. The lowest BCUT2D eigenvalue weighted by atomic mass is 9.83. The fourth-order valence-electron chi connectivity index (χ4n) is 5.71. The van der Waals surface area contributed by atoms with Crippen LogP contribution >= 0.6 is 27.5 Å². The van der Waals surface area contributed by atoms with Crippen molar-refractivity contribution in [2.75, 3.05) is 35.7 Å². The van der Waals surface area contributed by atoms with E-state index in [1.807, 2.05) is 22.8 Å². The Balaban J connectivity index is 1.31. The largest absolute Gasteiger partial charge is 0.495 e. The molecule has 2 aliphatic heterocycles. The van der Waals surface area contributed by atoms with E-state index >= 15 is 0 Å². The number of carbonyl (C=O) groups excluding carboxylic acids is 2. The number of carbonyl (C=O) groups is 2. The summed E-state index contributed by atoms with van der Waals surface area (Å²) in [5, 5.41) is 6.17. The van der Waals surface area contributed by atoms with E-state index in [4.69, 9.17) is 20.8 Å². The van der Waals surface area contributed by atoms with Gasteiger partial charge in [0.15, 0.2) is 10.4 Å². The van der Waals surface area contributed by atoms with Gasteiger partial charge < -0.3 is 29.3 Å². The number of methoxy groups -OCH3 is 1. The lowest BCUT2D eigenvalue weighted by Crippen LogP contribution is -2.47. The fraction of sp³-hybridized carbons (Fsp3) is 0.233. The molecular weight excluding hydrogens is 612 g/mol. The molecule has 0 spiro atoms. The van der Waals surface area contributed by atoms with Crippen molar-refractivity contribution in [2.24, 2.45) is 5.92 Å². The van der Waals surface area contributed by atoms with Crippen LogP contribution in [0, 0.1) is 5.92 Å². The van der Waals surface area contributed by atoms with Gasteiger partial charge in [0.2, 0.25) is 0 Å². The third-order valence-electron chi connectivity index (χ3n) is 7.53. The van der Waals surface area contributed by atoms with E-state index in [1.165, 1.54) is 7.11 Å². The van der Waals surface area contributed by atoms with Gasteiger partial charge in [0, 0.05) is 48.6 Å². The molecule has 4 heterocycles. The van der Waals surface area contributed by atoms with Crippen molar-refractivity contribution >= 4 is 56.4 Å². The highest BCUT2D eigenvalue weighted by atomic mass is 79.9. The summed E-state index contributed by atoms with van der Waals surface area (Å²) in [6, 6.07) is 18.9. The lowest BCUT2D eigenvalue weighted by Gasteiger charge is -2.44. The zero-order chi connectivity index (χ0) is 28.7. The standard InChI is InChI=1S/C30H26BrClN4O5/c1-40-25-8-6-20(13-21(25)32)33-29(38)18-5-7-24(22(12-18)34-30(39)26-9-10-27(31)41-26)35-14-17-11-19(16-35)23-3-2-4-28(37)36(23)15-17/h2-10,12-13,17,19H,11,14-16H2,1H3,(H,33,38)(H,34,39)/t17-,19+/m1/s1. The van der Waals surface area contributed by atoms with Crippen LogP contribution in [0.5, 0.6) is 5.75 Å². The number of anilines is 3. The Bertz CT molecular complexity index is 1720. The number of aromatic nitrogens is 1. The van der Waals surface area contributed by atoms with E-state index in [2.05, 4.69) is 31.5 Å². The molecule has 2 N–H and O–H groups in total. The number of amides is 2. The Morgan fingerprint density at radius 1 is 1.00 bits per heavy atom. The maximum Gasteiger partial charge on any atom is 0.291 e. The molecule has 11 heteroatoms. The van der Waals surface area contributed by atoms with E-state index < -0.39 is 5.91 Å². The number of nitrogens with zero attached hydrogens (tertiary/aromatic N) is 2. The summed E-state index contributed by atoms with van der Waals surface area (Å²) in [6.07, 6.45) is 0.993. The maximum atomic E-state index is 13.2. The summed E-state index contributed by atoms with van der Waals surface area (Å²) < 4.78 is 13.0. The first-order valence-electron chi connectivity index (χ1n) is 13.1. The van der Waals surface area contributed by atoms with Crippen LogP contribution in [0.2, 0.25) is 5.02 Å². The van der Waals surface area contributed by atoms with Crippen LogP contribution in [0.4, 0.5) is 17.1 Å². The molecule has 0 radical (unpaired) electrons. The number of ether oxygens (including phenoxy) is 1. The average molecular weight is 638 g/mol. The first-order valence-corrected chi connectivity index (χ1v) is 14.3. The lowest BCUT2D eigenvalue weighted by molar-refractivity contribution is 0.0992. The smallest absolute Gasteiger partial charge is 0.291 e. The molecule has 4 aromatic rings. The number of hydrogen-bond donors (Lipinski definition) is 2. The second-order valence-corrected chi connectivity index (χ2v) is 11.4. The third kappa shape index (κ3) is 5.49. The number of piperidine rings is 1. The van der Waals surface area contributed by atoms with Crippen LogP contribution in [0.25, 0.3) is 0 Å². The van der Waals surface area contributed by atoms with Crippen molar-refractivity contribution in [1.29, 1.82) is 0 Å². The number of fused-ring (bicyclic) bond motifs is 4. The highest BCUT2D eigenvalue weighted by Gasteiger charge is 2.35. The molecule has 2 amide bonds. The number of nitrogens with one attached hydrogen (secondary N) is 2. The quantitative estimate of drug-likeness (QED) is 0.269. The third-order valence-corrected chi connectivity index (χ3v) is 8.26. The minimum absolute atomic E-state index is 0.0247. The molecule has 0 aliphatic carbocycles. The number of pyridine rings is 1. The van der Waals surface area contributed by atoms with Crippen molar-refractivity contribution in [3.63, 3.8) is 0 Å². The topological polar surface area (TPSA) is 106 Å². The molecule has 0 unspecified atom stereocenters. The Labute approximate surface area is 249 Å². The Kier molecular flexibility index (Phi) is 7.35. The van der Waals surface area contributed by atoms with Gasteiger partial charge in [-0.1, -0.05) is 17.7 Å². The Morgan fingerprint density at radius 2 is 1.85 bits per heavy atom. The summed E-state index contributed by atoms with van der Waals surface area (Å²) in [5.41, 5.74) is 3.18. The van der Waals surface area contributed by atoms with E-state index in [-0.39, 0.29) is 29.1 Å². The zero-order valence-corrected chi connectivity index (χ0v) is 24.4. The monoisotopic (exact) mass is 636 g/mol. The number of rotatable bonds is 6. The van der Waals surface area contributed by atoms with E-state index in [0.717, 1.165) is 17.8 Å². The molecule has 2 aromatic heterocycles. The molecule has 1 fully saturated rings. The molecule has 0 saturated carbocycles. The summed E-state index contributed by atoms with van der Waals surface area (Å²) in [5.74, 6) is 0.276. The number of benzene rings is 2. The van der Waals surface area contributed by atoms with Gasteiger partial charge in [-0.25, -0.2) is 0 Å². The first-order chi connectivity index (χ1) is 19.8. The van der Waals surface area contributed by atoms with Gasteiger partial charge in [-0.3, -0.25) is 14.4 Å². The Hall–Kier alpha value is -4.02. The van der Waals surface area contributed by atoms with Crippen molar-refractivity contribution in [3.8, 4) is 5.75 Å². The van der Waals surface area contributed by atoms with Gasteiger partial charge in [0.1, 0.15) is 5.75 Å². The van der Waals surface area contributed by atoms with E-state index in [0.29, 0.717) is 52.0 Å². The van der Waals surface area contributed by atoms with Crippen molar-refractivity contribution in [3.05, 3.63) is 104 Å². The van der Waals surface area contributed by atoms with Crippen LogP contribution in [-0.2, 0) is 6.54 Å². The summed E-state index contributed by atoms with van der Waals surface area (Å²) in [7, 11) is 1.52. The summed E-state index contributed by atoms with van der Waals surface area (Å²) >= 11 is 9.46. The molecule has 1 saturated heterocycles. The second kappa shape index (κ2) is 11.1. The van der Waals surface area contributed by atoms with Crippen LogP contribution in [0.3, 0.4) is 0 Å². The van der Waals surface area contributed by atoms with Gasteiger partial charge >= 0.3 is 0 Å². The van der Waals surface area contributed by atoms with Gasteiger partial charge in [0.25, 0.3) is 17.4 Å². The van der Waals surface area contributed by atoms with Crippen molar-refractivity contribution in [1.82, 2.24) is 4.57 Å². The molecule has 2 aromatic carbocycles. The molecular formula is C30H26BrClN4O5. The first kappa shape index (κ1) is 27.2. The second-order valence-electron chi connectivity index (χ2n) is 10.2. The van der Waals surface area contributed by atoms with E-state index in [9.17, 15) is 14.4 Å². The number of halogens is 2. The zero-order valence-electron chi connectivity index (χ0n) is 22.0. The molecule has 210 valence electrons. The summed E-state index contributed by atoms with van der Waals surface area (Å²) in [6.45, 7) is 2.03. The van der Waals surface area contributed by atoms with Crippen molar-refractivity contribution < 1.29 is 18.7 Å². The highest BCUT2D eigenvalue weighted by molar-refractivity contribution is 9.10. The van der Waals surface area contributed by atoms with E-state index in [1.54, 1.807) is 48.5 Å². The van der Waals surface area contributed by atoms with Crippen LogP contribution in [0.15, 0.2) is 80.6 Å². The normalized spacial score (nSPS) is 17.5. The summed E-state index contributed by atoms with van der Waals surface area (Å²) in [4.78, 5) is 41.1. The molecule has 6 rings (SSSR count). The maximum absolute atomic E-state index is 13.2. The van der Waals surface area contributed by atoms with Gasteiger partial charge in [-0.2, -0.15) is 0 Å². The predicted molar refractivity (Wildman–Crippen MR) is 161 cm³/mol. The van der Waals surface area contributed by atoms with Crippen LogP contribution in [-0.4, -0.2) is 36.6 Å². The average Bonchev–Trinajstić information content (AvgIpc) is 3.40. The molecule has 2 aliphatic rings. The number of furan rings is 1. The van der Waals surface area contributed by atoms with Crippen LogP contribution < -0.4 is 25.8 Å². The SMILES string of the molecule is COc1ccc(NC(=O)c2ccc(N3C[C@H]4C[C@@H](C3)c3cccc(=O)n3C4)c(NC(=O)c3ccc(Br)o3)c2)cc1Cl. The van der Waals surface area contributed by atoms with Crippen LogP contribution in [0.1, 0.15) is 38.9 Å². The molecule has 9 nitrogen and oxygen atoms in total. The number of hydrogen-bond acceptors (Lipinski definition) is 6. The fourth-order valence-corrected chi connectivity index (χ4v) is 6.28. The molecule has 2 bridgehead atoms.